The molecular weight excluding hydrogens is 588 g/mol. The van der Waals surface area contributed by atoms with Crippen LogP contribution < -0.4 is 25.4 Å². The summed E-state index contributed by atoms with van der Waals surface area (Å²) < 4.78 is 10.4. The van der Waals surface area contributed by atoms with Crippen LogP contribution in [0.15, 0.2) is 47.2 Å². The number of likely N-dealkylation sites (N-methyl/N-ethyl adjacent to an activating group) is 1. The number of nitrogens with one attached hydrogen (secondary N) is 1. The predicted molar refractivity (Wildman–Crippen MR) is 161 cm³/mol. The van der Waals surface area contributed by atoms with Crippen LogP contribution in [0.2, 0.25) is 0 Å². The molecule has 5 rings (SSSR count). The highest BCUT2D eigenvalue weighted by Crippen LogP contribution is 2.54. The van der Waals surface area contributed by atoms with Crippen molar-refractivity contribution < 1.29 is 49.1 Å². The molecule has 14 heteroatoms. The fraction of sp³-hybridized carbons (Fsp3) is 0.355. The normalized spacial score (nSPS) is 24.1. The van der Waals surface area contributed by atoms with Gasteiger partial charge in [-0.1, -0.05) is 0 Å². The molecule has 0 heterocycles. The lowest BCUT2D eigenvalue weighted by Gasteiger charge is -2.50. The number of fused-ring (bicyclic) bond motifs is 3. The van der Waals surface area contributed by atoms with Gasteiger partial charge in [0.1, 0.15) is 28.6 Å². The van der Waals surface area contributed by atoms with Crippen LogP contribution in [0, 0.1) is 11.8 Å². The lowest BCUT2D eigenvalue weighted by molar-refractivity contribution is -0.153. The maximum atomic E-state index is 14.1. The highest BCUT2D eigenvalue weighted by molar-refractivity contribution is 6.24. The SMILES string of the molecule is COc1ccc(OC(=O)Nc2cc(N(C)C)c3c(c2O)C(O)=C2C(=O)C4(O)C(O)=C(C(N)=O)C(=O)C(N(C)C)C4CC2C3)cc1. The zero-order valence-corrected chi connectivity index (χ0v) is 25.2. The summed E-state index contributed by atoms with van der Waals surface area (Å²) in [5.74, 6) is -6.91. The van der Waals surface area contributed by atoms with E-state index in [2.05, 4.69) is 5.32 Å². The van der Waals surface area contributed by atoms with E-state index in [1.807, 2.05) is 0 Å². The minimum absolute atomic E-state index is 0.0480. The molecule has 238 valence electrons. The van der Waals surface area contributed by atoms with Gasteiger partial charge in [-0.15, -0.1) is 0 Å². The third-order valence-electron chi connectivity index (χ3n) is 8.69. The first-order valence-electron chi connectivity index (χ1n) is 14.0. The molecule has 0 spiro atoms. The number of Topliss-reactive ketones (excluding diaryl/α,β-unsaturated/α-hetero) is 2. The van der Waals surface area contributed by atoms with E-state index in [9.17, 15) is 39.6 Å². The molecule has 0 aliphatic heterocycles. The molecule has 1 fully saturated rings. The molecule has 0 radical (unpaired) electrons. The maximum absolute atomic E-state index is 14.1. The molecule has 3 aliphatic rings. The number of aliphatic hydroxyl groups excluding tert-OH is 2. The summed E-state index contributed by atoms with van der Waals surface area (Å²) in [6.45, 7) is 0. The summed E-state index contributed by atoms with van der Waals surface area (Å²) in [6, 6.07) is 6.49. The monoisotopic (exact) mass is 622 g/mol. The number of primary amides is 1. The van der Waals surface area contributed by atoms with Crippen molar-refractivity contribution in [3.63, 3.8) is 0 Å². The first-order valence-corrected chi connectivity index (χ1v) is 14.0. The topological polar surface area (TPSA) is 212 Å². The van der Waals surface area contributed by atoms with Gasteiger partial charge in [0.25, 0.3) is 5.91 Å². The second-order valence-electron chi connectivity index (χ2n) is 11.7. The van der Waals surface area contributed by atoms with Crippen LogP contribution in [0.25, 0.3) is 5.76 Å². The molecule has 0 bridgehead atoms. The van der Waals surface area contributed by atoms with Crippen molar-refractivity contribution in [2.24, 2.45) is 17.6 Å². The number of ketones is 2. The average molecular weight is 623 g/mol. The van der Waals surface area contributed by atoms with Crippen molar-refractivity contribution in [3.8, 4) is 17.2 Å². The fourth-order valence-electron chi connectivity index (χ4n) is 6.67. The van der Waals surface area contributed by atoms with E-state index < -0.39 is 69.9 Å². The van der Waals surface area contributed by atoms with E-state index in [1.54, 1.807) is 31.1 Å². The molecule has 45 heavy (non-hydrogen) atoms. The number of aliphatic hydroxyl groups is 3. The molecule has 14 nitrogen and oxygen atoms in total. The second-order valence-corrected chi connectivity index (χ2v) is 11.7. The molecule has 1 saturated carbocycles. The maximum Gasteiger partial charge on any atom is 0.417 e. The van der Waals surface area contributed by atoms with Crippen molar-refractivity contribution in [1.82, 2.24) is 4.90 Å². The van der Waals surface area contributed by atoms with Gasteiger partial charge in [-0.3, -0.25) is 24.6 Å². The van der Waals surface area contributed by atoms with Crippen LogP contribution in [0.4, 0.5) is 16.2 Å². The van der Waals surface area contributed by atoms with Crippen molar-refractivity contribution in [3.05, 3.63) is 58.4 Å². The third-order valence-corrected chi connectivity index (χ3v) is 8.69. The molecule has 3 aliphatic carbocycles. The number of amides is 2. The molecule has 0 aromatic heterocycles. The Hall–Kier alpha value is -5.08. The Morgan fingerprint density at radius 2 is 1.67 bits per heavy atom. The van der Waals surface area contributed by atoms with Crippen molar-refractivity contribution >= 4 is 40.7 Å². The van der Waals surface area contributed by atoms with Crippen molar-refractivity contribution in [1.29, 1.82) is 0 Å². The number of anilines is 2. The van der Waals surface area contributed by atoms with Crippen LogP contribution in [0.1, 0.15) is 17.5 Å². The van der Waals surface area contributed by atoms with Gasteiger partial charge in [-0.25, -0.2) is 4.79 Å². The highest BCUT2D eigenvalue weighted by atomic mass is 16.6. The largest absolute Gasteiger partial charge is 0.508 e. The van der Waals surface area contributed by atoms with Gasteiger partial charge in [-0.2, -0.15) is 0 Å². The third kappa shape index (κ3) is 4.82. The Morgan fingerprint density at radius 3 is 2.22 bits per heavy atom. The number of aromatic hydroxyl groups is 1. The highest BCUT2D eigenvalue weighted by Gasteiger charge is 2.64. The van der Waals surface area contributed by atoms with Gasteiger partial charge < -0.3 is 40.5 Å². The first kappa shape index (κ1) is 31.3. The van der Waals surface area contributed by atoms with Gasteiger partial charge in [0, 0.05) is 31.3 Å². The number of carbonyl (C=O) groups excluding carboxylic acids is 4. The summed E-state index contributed by atoms with van der Waals surface area (Å²) in [4.78, 5) is 55.5. The molecule has 7 N–H and O–H groups in total. The zero-order valence-electron chi connectivity index (χ0n) is 25.2. The number of rotatable bonds is 6. The number of carbonyl (C=O) groups is 4. The minimum atomic E-state index is -2.76. The molecule has 4 unspecified atom stereocenters. The van der Waals surface area contributed by atoms with Crippen LogP contribution >= 0.6 is 0 Å². The number of benzene rings is 2. The summed E-state index contributed by atoms with van der Waals surface area (Å²) in [5.41, 5.74) is 2.03. The van der Waals surface area contributed by atoms with Gasteiger partial charge in [0.05, 0.1) is 24.4 Å². The molecular formula is C31H34N4O10. The number of hydrogen-bond acceptors (Lipinski definition) is 12. The van der Waals surface area contributed by atoms with Gasteiger partial charge >= 0.3 is 6.09 Å². The summed E-state index contributed by atoms with van der Waals surface area (Å²) >= 11 is 0. The van der Waals surface area contributed by atoms with E-state index in [-0.39, 0.29) is 35.4 Å². The smallest absolute Gasteiger partial charge is 0.417 e. The first-order chi connectivity index (χ1) is 21.1. The van der Waals surface area contributed by atoms with Gasteiger partial charge in [0.15, 0.2) is 17.1 Å². The molecule has 0 saturated heterocycles. The van der Waals surface area contributed by atoms with Gasteiger partial charge in [-0.05, 0) is 68.8 Å². The summed E-state index contributed by atoms with van der Waals surface area (Å²) in [5, 5.41) is 48.2. The standard InChI is InChI=1S/C31H34N4O10/c1-34(2)19-12-18(33-30(42)45-15-8-6-14(44-5)7-9-15)24(36)21-16(19)10-13-11-17-23(35(3)4)26(38)22(29(32)41)28(40)31(17,43)27(39)20(13)25(21)37/h6-9,12-13,17,23,36-37,40,43H,10-11H2,1-5H3,(H2,32,41)(H,33,42). The molecule has 2 amide bonds. The fourth-order valence-corrected chi connectivity index (χ4v) is 6.67. The number of ether oxygens (including phenoxy) is 2. The molecule has 2 aromatic carbocycles. The van der Waals surface area contributed by atoms with E-state index in [4.69, 9.17) is 15.2 Å². The predicted octanol–water partition coefficient (Wildman–Crippen LogP) is 1.65. The van der Waals surface area contributed by atoms with Crippen LogP contribution in [0.5, 0.6) is 17.2 Å². The van der Waals surface area contributed by atoms with E-state index in [0.29, 0.717) is 17.0 Å². The minimum Gasteiger partial charge on any atom is -0.508 e. The van der Waals surface area contributed by atoms with E-state index >= 15 is 0 Å². The number of methoxy groups -OCH3 is 1. The molecule has 2 aromatic rings. The number of phenols is 1. The summed E-state index contributed by atoms with van der Waals surface area (Å²) in [7, 11) is 7.98. The average Bonchev–Trinajstić information content (AvgIpc) is 2.96. The Bertz CT molecular complexity index is 1690. The second kappa shape index (κ2) is 11.1. The number of nitrogens with two attached hydrogens (primary N) is 1. The zero-order chi connectivity index (χ0) is 33.1. The Labute approximate surface area is 257 Å². The van der Waals surface area contributed by atoms with Crippen LogP contribution in [0.3, 0.4) is 0 Å². The van der Waals surface area contributed by atoms with Crippen LogP contribution in [-0.4, -0.2) is 95.8 Å². The Balaban J connectivity index is 1.61. The molecule has 4 atom stereocenters. The Morgan fingerprint density at radius 1 is 1.04 bits per heavy atom. The lowest BCUT2D eigenvalue weighted by Crippen LogP contribution is -2.65. The number of hydrogen-bond donors (Lipinski definition) is 6. The van der Waals surface area contributed by atoms with E-state index in [1.165, 1.54) is 44.3 Å². The lowest BCUT2D eigenvalue weighted by atomic mass is 9.57. The van der Waals surface area contributed by atoms with Crippen LogP contribution in [-0.2, 0) is 20.8 Å². The van der Waals surface area contributed by atoms with Gasteiger partial charge in [0.2, 0.25) is 5.78 Å². The van der Waals surface area contributed by atoms with Crippen molar-refractivity contribution in [2.75, 3.05) is 45.5 Å². The van der Waals surface area contributed by atoms with Crippen molar-refractivity contribution in [2.45, 2.75) is 24.5 Å². The quantitative estimate of drug-likeness (QED) is 0.201. The Kier molecular flexibility index (Phi) is 7.75. The van der Waals surface area contributed by atoms with E-state index in [0.717, 1.165) is 0 Å². The summed E-state index contributed by atoms with van der Waals surface area (Å²) in [6.07, 6.45) is -0.915. The number of phenolic OH excluding ortho intramolecular Hbond substituents is 1. The number of nitrogens with zero attached hydrogens (tertiary/aromatic N) is 2.